The van der Waals surface area contributed by atoms with Gasteiger partial charge in [-0.3, -0.25) is 9.59 Å². The maximum Gasteiger partial charge on any atom is 0.416 e. The van der Waals surface area contributed by atoms with Gasteiger partial charge in [0, 0.05) is 18.4 Å². The molecule has 0 fully saturated rings. The summed E-state index contributed by atoms with van der Waals surface area (Å²) in [6.45, 7) is 0. The van der Waals surface area contributed by atoms with E-state index < -0.39 is 29.4 Å². The minimum Gasteiger partial charge on any atom is -0.325 e. The van der Waals surface area contributed by atoms with Gasteiger partial charge >= 0.3 is 6.18 Å². The quantitative estimate of drug-likeness (QED) is 0.418. The van der Waals surface area contributed by atoms with E-state index in [-0.39, 0.29) is 29.1 Å². The molecule has 0 saturated carbocycles. The number of amides is 2. The minimum atomic E-state index is -4.58. The third-order valence-corrected chi connectivity index (χ3v) is 3.77. The van der Waals surface area contributed by atoms with E-state index in [1.54, 1.807) is 6.07 Å². The van der Waals surface area contributed by atoms with E-state index in [4.69, 9.17) is 11.6 Å². The zero-order valence-electron chi connectivity index (χ0n) is 14.2. The standard InChI is InChI=1S/C18H14ClF4N3O2/c19-13-6-5-12(18(21,22)23)9-15(13)25-16(27)7-8-17(28)26-24-10-11-3-1-2-4-14(11)20/h1-6,9-10H,7-8H2,(H,25,27)(H,26,28)/b24-10-. The van der Waals surface area contributed by atoms with Crippen LogP contribution in [-0.4, -0.2) is 18.0 Å². The van der Waals surface area contributed by atoms with Crippen LogP contribution in [0, 0.1) is 5.82 Å². The number of nitrogens with one attached hydrogen (secondary N) is 2. The number of alkyl halides is 3. The second-order valence-electron chi connectivity index (χ2n) is 5.56. The van der Waals surface area contributed by atoms with Gasteiger partial charge in [-0.15, -0.1) is 0 Å². The molecular formula is C18H14ClF4N3O2. The van der Waals surface area contributed by atoms with Crippen LogP contribution < -0.4 is 10.7 Å². The van der Waals surface area contributed by atoms with E-state index in [1.165, 1.54) is 18.2 Å². The van der Waals surface area contributed by atoms with E-state index in [2.05, 4.69) is 15.8 Å². The minimum absolute atomic E-state index is 0.0692. The Kier molecular flexibility index (Phi) is 7.11. The first-order valence-electron chi connectivity index (χ1n) is 7.90. The van der Waals surface area contributed by atoms with Crippen LogP contribution in [0.2, 0.25) is 5.02 Å². The first-order valence-corrected chi connectivity index (χ1v) is 8.27. The Bertz CT molecular complexity index is 901. The molecule has 0 radical (unpaired) electrons. The van der Waals surface area contributed by atoms with Crippen molar-refractivity contribution in [2.45, 2.75) is 19.0 Å². The number of nitrogens with zero attached hydrogens (tertiary/aromatic N) is 1. The van der Waals surface area contributed by atoms with Crippen LogP contribution in [0.25, 0.3) is 0 Å². The molecule has 0 atom stereocenters. The van der Waals surface area contributed by atoms with Crippen molar-refractivity contribution in [2.24, 2.45) is 5.10 Å². The number of hydrogen-bond acceptors (Lipinski definition) is 3. The van der Waals surface area contributed by atoms with Gasteiger partial charge in [-0.2, -0.15) is 18.3 Å². The lowest BCUT2D eigenvalue weighted by Crippen LogP contribution is -2.21. The summed E-state index contributed by atoms with van der Waals surface area (Å²) in [6, 6.07) is 8.29. The Balaban J connectivity index is 1.85. The van der Waals surface area contributed by atoms with Crippen molar-refractivity contribution in [3.05, 3.63) is 64.4 Å². The number of anilines is 1. The Hall–Kier alpha value is -2.94. The number of hydrogen-bond donors (Lipinski definition) is 2. The van der Waals surface area contributed by atoms with Gasteiger partial charge in [0.2, 0.25) is 11.8 Å². The van der Waals surface area contributed by atoms with Gasteiger partial charge in [0.05, 0.1) is 22.5 Å². The third kappa shape index (κ3) is 6.34. The molecule has 2 N–H and O–H groups in total. The highest BCUT2D eigenvalue weighted by Gasteiger charge is 2.31. The Morgan fingerprint density at radius 3 is 2.43 bits per heavy atom. The van der Waals surface area contributed by atoms with Gasteiger partial charge in [0.1, 0.15) is 5.82 Å². The zero-order valence-corrected chi connectivity index (χ0v) is 14.9. The molecule has 2 rings (SSSR count). The average molecular weight is 416 g/mol. The molecule has 0 spiro atoms. The predicted octanol–water partition coefficient (Wildman–Crippen LogP) is 4.37. The number of halogens is 5. The molecule has 0 aliphatic carbocycles. The van der Waals surface area contributed by atoms with E-state index in [1.807, 2.05) is 0 Å². The second kappa shape index (κ2) is 9.32. The maximum atomic E-state index is 13.4. The first-order chi connectivity index (χ1) is 13.2. The molecule has 0 aromatic heterocycles. The van der Waals surface area contributed by atoms with Crippen molar-refractivity contribution in [1.82, 2.24) is 5.43 Å². The van der Waals surface area contributed by atoms with Crippen molar-refractivity contribution >= 4 is 35.3 Å². The van der Waals surface area contributed by atoms with E-state index >= 15 is 0 Å². The molecule has 2 aromatic carbocycles. The van der Waals surface area contributed by atoms with Crippen molar-refractivity contribution in [1.29, 1.82) is 0 Å². The molecule has 28 heavy (non-hydrogen) atoms. The van der Waals surface area contributed by atoms with Gasteiger partial charge in [0.25, 0.3) is 0 Å². The van der Waals surface area contributed by atoms with E-state index in [9.17, 15) is 27.2 Å². The number of carbonyl (C=O) groups is 2. The molecule has 2 aromatic rings. The van der Waals surface area contributed by atoms with E-state index in [0.717, 1.165) is 18.3 Å². The average Bonchev–Trinajstić information content (AvgIpc) is 2.62. The highest BCUT2D eigenvalue weighted by molar-refractivity contribution is 6.33. The van der Waals surface area contributed by atoms with Crippen LogP contribution >= 0.6 is 11.6 Å². The largest absolute Gasteiger partial charge is 0.416 e. The molecule has 0 aliphatic heterocycles. The normalized spacial score (nSPS) is 11.5. The smallest absolute Gasteiger partial charge is 0.325 e. The van der Waals surface area contributed by atoms with Crippen LogP contribution in [0.15, 0.2) is 47.6 Å². The predicted molar refractivity (Wildman–Crippen MR) is 96.5 cm³/mol. The van der Waals surface area contributed by atoms with Gasteiger partial charge in [0.15, 0.2) is 0 Å². The summed E-state index contributed by atoms with van der Waals surface area (Å²) >= 11 is 5.78. The molecule has 0 unspecified atom stereocenters. The van der Waals surface area contributed by atoms with Crippen LogP contribution in [0.5, 0.6) is 0 Å². The lowest BCUT2D eigenvalue weighted by atomic mass is 10.2. The molecule has 5 nitrogen and oxygen atoms in total. The van der Waals surface area contributed by atoms with Crippen LogP contribution in [0.4, 0.5) is 23.2 Å². The molecule has 0 saturated heterocycles. The fraction of sp³-hybridized carbons (Fsp3) is 0.167. The van der Waals surface area contributed by atoms with Gasteiger partial charge in [-0.25, -0.2) is 9.82 Å². The summed E-state index contributed by atoms with van der Waals surface area (Å²) in [6.07, 6.45) is -4.07. The second-order valence-corrected chi connectivity index (χ2v) is 5.96. The molecule has 148 valence electrons. The summed E-state index contributed by atoms with van der Waals surface area (Å²) in [5, 5.41) is 5.73. The highest BCUT2D eigenvalue weighted by Crippen LogP contribution is 2.33. The van der Waals surface area contributed by atoms with Crippen molar-refractivity contribution < 1.29 is 27.2 Å². The van der Waals surface area contributed by atoms with Gasteiger partial charge in [-0.05, 0) is 24.3 Å². The highest BCUT2D eigenvalue weighted by atomic mass is 35.5. The van der Waals surface area contributed by atoms with E-state index in [0.29, 0.717) is 6.07 Å². The molecule has 0 aliphatic rings. The van der Waals surface area contributed by atoms with Gasteiger partial charge in [-0.1, -0.05) is 29.8 Å². The Morgan fingerprint density at radius 1 is 1.07 bits per heavy atom. The summed E-state index contributed by atoms with van der Waals surface area (Å²) in [5.41, 5.74) is 1.12. The summed E-state index contributed by atoms with van der Waals surface area (Å²) < 4.78 is 51.5. The van der Waals surface area contributed by atoms with Crippen LogP contribution in [-0.2, 0) is 15.8 Å². The summed E-state index contributed by atoms with van der Waals surface area (Å²) in [5.74, 6) is -1.84. The fourth-order valence-electron chi connectivity index (χ4n) is 2.05. The lowest BCUT2D eigenvalue weighted by molar-refractivity contribution is -0.137. The Morgan fingerprint density at radius 2 is 1.75 bits per heavy atom. The maximum absolute atomic E-state index is 13.4. The fourth-order valence-corrected chi connectivity index (χ4v) is 2.21. The molecule has 2 amide bonds. The van der Waals surface area contributed by atoms with Gasteiger partial charge < -0.3 is 5.32 Å². The summed E-state index contributed by atoms with van der Waals surface area (Å²) in [4.78, 5) is 23.5. The molecule has 10 heteroatoms. The number of carbonyl (C=O) groups excluding carboxylic acids is 2. The Labute approximate surface area is 162 Å². The van der Waals surface area contributed by atoms with Crippen molar-refractivity contribution in [3.63, 3.8) is 0 Å². The van der Waals surface area contributed by atoms with Crippen molar-refractivity contribution in [3.8, 4) is 0 Å². The first kappa shape index (κ1) is 21.4. The number of hydrazone groups is 1. The zero-order chi connectivity index (χ0) is 20.7. The molecule has 0 bridgehead atoms. The van der Waals surface area contributed by atoms with Crippen LogP contribution in [0.3, 0.4) is 0 Å². The third-order valence-electron chi connectivity index (χ3n) is 3.45. The number of rotatable bonds is 6. The lowest BCUT2D eigenvalue weighted by Gasteiger charge is -2.11. The number of benzene rings is 2. The SMILES string of the molecule is O=C(CCC(=O)Nc1cc(C(F)(F)F)ccc1Cl)N/N=C\c1ccccc1F. The summed E-state index contributed by atoms with van der Waals surface area (Å²) in [7, 11) is 0. The monoisotopic (exact) mass is 415 g/mol. The molecular weight excluding hydrogens is 402 g/mol. The topological polar surface area (TPSA) is 70.6 Å². The van der Waals surface area contributed by atoms with Crippen LogP contribution in [0.1, 0.15) is 24.0 Å². The molecule has 0 heterocycles. The van der Waals surface area contributed by atoms with Crippen molar-refractivity contribution in [2.75, 3.05) is 5.32 Å².